The Labute approximate surface area is 161 Å². The zero-order chi connectivity index (χ0) is 20.5. The molecule has 1 unspecified atom stereocenters. The molecule has 0 spiro atoms. The maximum Gasteiger partial charge on any atom is 0.274 e. The van der Waals surface area contributed by atoms with Gasteiger partial charge in [0, 0.05) is 20.0 Å². The first-order valence-electron chi connectivity index (χ1n) is 8.83. The number of amides is 2. The van der Waals surface area contributed by atoms with Crippen LogP contribution in [0.1, 0.15) is 48.6 Å². The monoisotopic (exact) mass is 388 g/mol. The van der Waals surface area contributed by atoms with Crippen LogP contribution in [-0.4, -0.2) is 43.4 Å². The Morgan fingerprint density at radius 3 is 2.57 bits per heavy atom. The maximum atomic E-state index is 13.0. The standard InChI is InChI=1S/C19H21FN4O4/c1-11(25)24-9-3-8-19(24,2)18-22-14(15(26)17(28)23-18)16(27)21-10-12-4-6-13(20)7-5-12/h4-7,26H,3,8-10H2,1-2H3,(H,21,27)(H,22,23,28). The van der Waals surface area contributed by atoms with E-state index in [2.05, 4.69) is 15.3 Å². The lowest BCUT2D eigenvalue weighted by Crippen LogP contribution is -2.43. The highest BCUT2D eigenvalue weighted by atomic mass is 19.1. The van der Waals surface area contributed by atoms with Crippen LogP contribution in [0.4, 0.5) is 4.39 Å². The smallest absolute Gasteiger partial charge is 0.274 e. The minimum Gasteiger partial charge on any atom is -0.501 e. The number of hydrogen-bond donors (Lipinski definition) is 3. The van der Waals surface area contributed by atoms with Gasteiger partial charge in [0.25, 0.3) is 11.8 Å². The second-order valence-corrected chi connectivity index (χ2v) is 6.93. The van der Waals surface area contributed by atoms with E-state index in [1.165, 1.54) is 31.2 Å². The predicted octanol–water partition coefficient (Wildman–Crippen LogP) is 1.81. The highest BCUT2D eigenvalue weighted by Crippen LogP contribution is 2.39. The minimum atomic E-state index is -0.886. The highest BCUT2D eigenvalue weighted by molar-refractivity contribution is 5.95. The zero-order valence-corrected chi connectivity index (χ0v) is 15.6. The summed E-state index contributed by atoms with van der Waals surface area (Å²) in [6, 6.07) is 5.57. The van der Waals surface area contributed by atoms with E-state index >= 15 is 0 Å². The van der Waals surface area contributed by atoms with Gasteiger partial charge in [-0.2, -0.15) is 4.98 Å². The number of nitrogens with one attached hydrogen (secondary N) is 1. The van der Waals surface area contributed by atoms with Gasteiger partial charge in [-0.05, 0) is 37.5 Å². The van der Waals surface area contributed by atoms with Gasteiger partial charge in [0.05, 0.1) is 0 Å². The highest BCUT2D eigenvalue weighted by Gasteiger charge is 2.43. The van der Waals surface area contributed by atoms with Crippen molar-refractivity contribution in [1.29, 1.82) is 0 Å². The zero-order valence-electron chi connectivity index (χ0n) is 15.6. The number of benzene rings is 1. The van der Waals surface area contributed by atoms with Crippen molar-refractivity contribution in [2.45, 2.75) is 38.8 Å². The van der Waals surface area contributed by atoms with Crippen LogP contribution in [0.25, 0.3) is 0 Å². The molecule has 2 heterocycles. The summed E-state index contributed by atoms with van der Waals surface area (Å²) in [7, 11) is 0. The van der Waals surface area contributed by atoms with Crippen molar-refractivity contribution in [3.05, 3.63) is 47.2 Å². The number of hydrogen-bond acceptors (Lipinski definition) is 6. The molecule has 1 saturated heterocycles. The molecule has 0 aliphatic carbocycles. The van der Waals surface area contributed by atoms with Gasteiger partial charge in [0.1, 0.15) is 11.4 Å². The Morgan fingerprint density at radius 1 is 1.25 bits per heavy atom. The molecule has 1 fully saturated rings. The average Bonchev–Trinajstić information content (AvgIpc) is 3.06. The first-order chi connectivity index (χ1) is 13.2. The molecule has 9 heteroatoms. The third-order valence-electron chi connectivity index (χ3n) is 4.95. The molecule has 3 rings (SSSR count). The van der Waals surface area contributed by atoms with Crippen molar-refractivity contribution in [3.8, 4) is 11.6 Å². The normalized spacial score (nSPS) is 18.9. The van der Waals surface area contributed by atoms with E-state index < -0.39 is 28.9 Å². The number of nitrogens with zero attached hydrogens (tertiary/aromatic N) is 3. The van der Waals surface area contributed by atoms with Gasteiger partial charge in [-0.15, -0.1) is 0 Å². The van der Waals surface area contributed by atoms with Gasteiger partial charge >= 0.3 is 0 Å². The molecule has 148 valence electrons. The summed E-state index contributed by atoms with van der Waals surface area (Å²) >= 11 is 0. The summed E-state index contributed by atoms with van der Waals surface area (Å²) in [5.41, 5.74) is -0.622. The molecule has 1 aliphatic rings. The average molecular weight is 388 g/mol. The molecule has 2 amide bonds. The number of carbonyl (C=O) groups is 2. The Kier molecular flexibility index (Phi) is 5.17. The second kappa shape index (κ2) is 7.41. The van der Waals surface area contributed by atoms with Crippen LogP contribution < -0.4 is 5.32 Å². The lowest BCUT2D eigenvalue weighted by molar-refractivity contribution is -0.133. The van der Waals surface area contributed by atoms with Crippen LogP contribution >= 0.6 is 0 Å². The van der Waals surface area contributed by atoms with E-state index in [9.17, 15) is 24.2 Å². The number of halogens is 1. The maximum absolute atomic E-state index is 13.0. The number of likely N-dealkylation sites (tertiary alicyclic amines) is 1. The molecule has 0 radical (unpaired) electrons. The molecule has 1 aromatic carbocycles. The number of aromatic hydroxyl groups is 2. The van der Waals surface area contributed by atoms with Crippen LogP contribution in [0.15, 0.2) is 24.3 Å². The summed E-state index contributed by atoms with van der Waals surface area (Å²) < 4.78 is 13.0. The fourth-order valence-corrected chi connectivity index (χ4v) is 3.41. The molecule has 1 atom stereocenters. The number of carbonyl (C=O) groups excluding carboxylic acids is 2. The molecule has 0 bridgehead atoms. The van der Waals surface area contributed by atoms with Crippen LogP contribution in [0.5, 0.6) is 11.6 Å². The van der Waals surface area contributed by atoms with E-state index in [1.807, 2.05) is 0 Å². The Hall–Kier alpha value is -3.23. The van der Waals surface area contributed by atoms with Crippen LogP contribution in [-0.2, 0) is 16.9 Å². The van der Waals surface area contributed by atoms with E-state index in [4.69, 9.17) is 0 Å². The molecule has 3 N–H and O–H groups in total. The third-order valence-corrected chi connectivity index (χ3v) is 4.95. The minimum absolute atomic E-state index is 0.0789. The van der Waals surface area contributed by atoms with Gasteiger partial charge < -0.3 is 20.4 Å². The molecule has 0 saturated carbocycles. The fraction of sp³-hybridized carbons (Fsp3) is 0.368. The molecular weight excluding hydrogens is 367 g/mol. The second-order valence-electron chi connectivity index (χ2n) is 6.93. The Bertz CT molecular complexity index is 919. The summed E-state index contributed by atoms with van der Waals surface area (Å²) in [6.07, 6.45) is 1.29. The third kappa shape index (κ3) is 3.60. The molecule has 1 aliphatic heterocycles. The first-order valence-corrected chi connectivity index (χ1v) is 8.83. The van der Waals surface area contributed by atoms with Crippen molar-refractivity contribution in [2.24, 2.45) is 0 Å². The van der Waals surface area contributed by atoms with Crippen LogP contribution in [0.3, 0.4) is 0 Å². The SMILES string of the molecule is CC(=O)N1CCCC1(C)c1nc(O)c(O)c(C(=O)NCc2ccc(F)cc2)n1. The van der Waals surface area contributed by atoms with E-state index in [-0.39, 0.29) is 24.0 Å². The van der Waals surface area contributed by atoms with Gasteiger partial charge in [-0.1, -0.05) is 12.1 Å². The molecule has 2 aromatic rings. The van der Waals surface area contributed by atoms with Crippen LogP contribution in [0, 0.1) is 5.82 Å². The summed E-state index contributed by atoms with van der Waals surface area (Å²) in [5.74, 6) is -2.67. The molecule has 8 nitrogen and oxygen atoms in total. The Morgan fingerprint density at radius 2 is 1.93 bits per heavy atom. The van der Waals surface area contributed by atoms with Gasteiger partial charge in [0.15, 0.2) is 11.5 Å². The summed E-state index contributed by atoms with van der Waals surface area (Å²) in [4.78, 5) is 34.1. The Balaban J connectivity index is 1.88. The van der Waals surface area contributed by atoms with Crippen molar-refractivity contribution in [1.82, 2.24) is 20.2 Å². The van der Waals surface area contributed by atoms with Crippen molar-refractivity contribution in [2.75, 3.05) is 6.54 Å². The summed E-state index contributed by atoms with van der Waals surface area (Å²) in [6.45, 7) is 3.78. The van der Waals surface area contributed by atoms with Gasteiger partial charge in [-0.3, -0.25) is 9.59 Å². The number of aromatic nitrogens is 2. The first kappa shape index (κ1) is 19.5. The molecule has 1 aromatic heterocycles. The lowest BCUT2D eigenvalue weighted by atomic mass is 9.97. The van der Waals surface area contributed by atoms with Crippen molar-refractivity contribution < 1.29 is 24.2 Å². The van der Waals surface area contributed by atoms with Gasteiger partial charge in [0.2, 0.25) is 11.7 Å². The predicted molar refractivity (Wildman–Crippen MR) is 96.9 cm³/mol. The molecule has 28 heavy (non-hydrogen) atoms. The van der Waals surface area contributed by atoms with E-state index in [1.54, 1.807) is 11.8 Å². The molecular formula is C19H21FN4O4. The van der Waals surface area contributed by atoms with Crippen molar-refractivity contribution in [3.63, 3.8) is 0 Å². The van der Waals surface area contributed by atoms with Crippen LogP contribution in [0.2, 0.25) is 0 Å². The van der Waals surface area contributed by atoms with Gasteiger partial charge in [-0.25, -0.2) is 9.37 Å². The van der Waals surface area contributed by atoms with Crippen molar-refractivity contribution >= 4 is 11.8 Å². The lowest BCUT2D eigenvalue weighted by Gasteiger charge is -2.33. The number of rotatable bonds is 4. The van der Waals surface area contributed by atoms with E-state index in [0.29, 0.717) is 18.5 Å². The quantitative estimate of drug-likeness (QED) is 0.736. The summed E-state index contributed by atoms with van der Waals surface area (Å²) in [5, 5.41) is 22.6. The van der Waals surface area contributed by atoms with E-state index in [0.717, 1.165) is 6.42 Å². The largest absolute Gasteiger partial charge is 0.501 e. The topological polar surface area (TPSA) is 116 Å². The fourth-order valence-electron chi connectivity index (χ4n) is 3.41.